The van der Waals surface area contributed by atoms with E-state index in [0.717, 1.165) is 0 Å². The van der Waals surface area contributed by atoms with Crippen LogP contribution in [0.2, 0.25) is 0 Å². The van der Waals surface area contributed by atoms with E-state index in [-0.39, 0.29) is 44.8 Å². The van der Waals surface area contributed by atoms with Gasteiger partial charge in [0.2, 0.25) is 5.67 Å². The number of hydrogen-bond donors (Lipinski definition) is 3. The Balaban J connectivity index is 1.57. The van der Waals surface area contributed by atoms with Gasteiger partial charge in [-0.3, -0.25) is 14.7 Å². The van der Waals surface area contributed by atoms with Crippen LogP contribution in [0.15, 0.2) is 46.0 Å². The number of esters is 1. The first-order valence-electron chi connectivity index (χ1n) is 12.0. The second kappa shape index (κ2) is 9.58. The molecule has 1 aromatic heterocycles. The maximum Gasteiger partial charge on any atom is 0.338 e. The lowest BCUT2D eigenvalue weighted by atomic mass is 9.80. The number of nitrogens with zero attached hydrogens (tertiary/aromatic N) is 3. The number of halogens is 2. The van der Waals surface area contributed by atoms with Crippen molar-refractivity contribution in [2.45, 2.75) is 37.6 Å². The molecule has 0 aliphatic carbocycles. The van der Waals surface area contributed by atoms with Crippen molar-refractivity contribution in [3.63, 3.8) is 0 Å². The van der Waals surface area contributed by atoms with E-state index in [1.165, 1.54) is 17.4 Å². The van der Waals surface area contributed by atoms with E-state index in [1.807, 2.05) is 0 Å². The van der Waals surface area contributed by atoms with Crippen LogP contribution in [0, 0.1) is 12.7 Å². The first-order valence-corrected chi connectivity index (χ1v) is 12.9. The summed E-state index contributed by atoms with van der Waals surface area (Å²) in [6.45, 7) is 3.38. The number of fused-ring (bicyclic) bond motifs is 1. The van der Waals surface area contributed by atoms with E-state index in [1.54, 1.807) is 42.5 Å². The highest BCUT2D eigenvalue weighted by Crippen LogP contribution is 2.40. The molecule has 5 rings (SSSR count). The first-order chi connectivity index (χ1) is 17.7. The molecule has 2 aromatic rings. The number of rotatable bonds is 6. The number of likely N-dealkylation sites (tertiary alicyclic amines) is 1. The number of carbonyl (C=O) groups excluding carboxylic acids is 2. The van der Waals surface area contributed by atoms with Crippen LogP contribution < -0.4 is 10.6 Å². The maximum atomic E-state index is 15.4. The number of thiazole rings is 1. The van der Waals surface area contributed by atoms with Gasteiger partial charge in [0.05, 0.1) is 18.7 Å². The van der Waals surface area contributed by atoms with Crippen molar-refractivity contribution in [3.8, 4) is 0 Å². The van der Waals surface area contributed by atoms with Crippen molar-refractivity contribution in [2.24, 2.45) is 4.99 Å². The SMILES string of the molecule is CCOC(=O)C1=C(CN2CC[C@]3(F)C(=O)NC[C@]3(O)C2)NC(c2nccs2)=N[C@H]1c1cccc(F)c1C. The van der Waals surface area contributed by atoms with Gasteiger partial charge in [0.15, 0.2) is 10.8 Å². The van der Waals surface area contributed by atoms with Gasteiger partial charge >= 0.3 is 5.97 Å². The summed E-state index contributed by atoms with van der Waals surface area (Å²) in [4.78, 5) is 36.2. The monoisotopic (exact) mass is 531 g/mol. The molecular weight excluding hydrogens is 504 g/mol. The molecule has 3 aliphatic heterocycles. The normalized spacial score (nSPS) is 27.9. The number of benzene rings is 1. The molecule has 3 N–H and O–H groups in total. The fourth-order valence-corrected chi connectivity index (χ4v) is 5.72. The molecule has 0 radical (unpaired) electrons. The number of hydrogen-bond acceptors (Lipinski definition) is 9. The molecule has 4 heterocycles. The summed E-state index contributed by atoms with van der Waals surface area (Å²) >= 11 is 1.35. The van der Waals surface area contributed by atoms with Gasteiger partial charge in [-0.25, -0.2) is 18.6 Å². The number of nitrogens with one attached hydrogen (secondary N) is 2. The summed E-state index contributed by atoms with van der Waals surface area (Å²) < 4.78 is 35.3. The van der Waals surface area contributed by atoms with Crippen LogP contribution in [-0.4, -0.2) is 76.8 Å². The van der Waals surface area contributed by atoms with Crippen molar-refractivity contribution in [1.82, 2.24) is 20.5 Å². The smallest absolute Gasteiger partial charge is 0.338 e. The van der Waals surface area contributed by atoms with E-state index in [9.17, 15) is 19.1 Å². The van der Waals surface area contributed by atoms with Crippen LogP contribution in [0.5, 0.6) is 0 Å². The van der Waals surface area contributed by atoms with Crippen molar-refractivity contribution in [1.29, 1.82) is 0 Å². The standard InChI is InChI=1S/C25H27F2N5O4S/c1-3-36-22(33)18-17(11-32-9-7-25(27)23(34)29-12-24(25,35)13-32)30-20(21-28-8-10-37-21)31-19(18)15-5-4-6-16(26)14(15)2/h4-6,8,10,19,35H,3,7,9,11-13H2,1-2H3,(H,29,34)(H,30,31)/t19-,24-,25-/m0/s1. The molecule has 0 bridgehead atoms. The lowest BCUT2D eigenvalue weighted by Crippen LogP contribution is -2.63. The molecule has 37 heavy (non-hydrogen) atoms. The van der Waals surface area contributed by atoms with Crippen LogP contribution in [0.25, 0.3) is 0 Å². The van der Waals surface area contributed by atoms with E-state index in [4.69, 9.17) is 9.73 Å². The van der Waals surface area contributed by atoms with Gasteiger partial charge in [0, 0.05) is 43.3 Å². The first kappa shape index (κ1) is 25.4. The number of β-amino-alcohol motifs (C(OH)–C–C–N with tert-alkyl or cyclic N) is 1. The molecule has 0 unspecified atom stereocenters. The minimum Gasteiger partial charge on any atom is -0.463 e. The van der Waals surface area contributed by atoms with E-state index >= 15 is 4.39 Å². The van der Waals surface area contributed by atoms with Gasteiger partial charge < -0.3 is 20.5 Å². The number of aliphatic hydroxyl groups is 1. The molecule has 2 saturated heterocycles. The Hall–Kier alpha value is -3.22. The van der Waals surface area contributed by atoms with Gasteiger partial charge in [-0.05, 0) is 31.0 Å². The van der Waals surface area contributed by atoms with Crippen LogP contribution in [0.3, 0.4) is 0 Å². The summed E-state index contributed by atoms with van der Waals surface area (Å²) in [5.41, 5.74) is -2.78. The van der Waals surface area contributed by atoms with Gasteiger partial charge in [0.1, 0.15) is 17.5 Å². The third-order valence-electron chi connectivity index (χ3n) is 7.14. The Morgan fingerprint density at radius 3 is 2.95 bits per heavy atom. The molecule has 3 aliphatic rings. The largest absolute Gasteiger partial charge is 0.463 e. The number of amides is 1. The van der Waals surface area contributed by atoms with Gasteiger partial charge in [0.25, 0.3) is 5.91 Å². The molecule has 9 nitrogen and oxygen atoms in total. The molecule has 3 atom stereocenters. The Bertz CT molecular complexity index is 1300. The fraction of sp³-hybridized carbons (Fsp3) is 0.440. The summed E-state index contributed by atoms with van der Waals surface area (Å²) in [6, 6.07) is 3.73. The molecule has 0 spiro atoms. The lowest BCUT2D eigenvalue weighted by molar-refractivity contribution is -0.152. The predicted molar refractivity (Wildman–Crippen MR) is 132 cm³/mol. The predicted octanol–water partition coefficient (Wildman–Crippen LogP) is 1.77. The van der Waals surface area contributed by atoms with Crippen LogP contribution in [0.4, 0.5) is 8.78 Å². The molecule has 2 fully saturated rings. The quantitative estimate of drug-likeness (QED) is 0.487. The number of piperidine rings is 1. The number of alkyl halides is 1. The number of carbonyl (C=O) groups is 2. The molecule has 1 amide bonds. The Kier molecular flexibility index (Phi) is 6.59. The van der Waals surface area contributed by atoms with E-state index in [2.05, 4.69) is 15.6 Å². The summed E-state index contributed by atoms with van der Waals surface area (Å²) in [7, 11) is 0. The Morgan fingerprint density at radius 2 is 2.22 bits per heavy atom. The van der Waals surface area contributed by atoms with Gasteiger partial charge in [-0.2, -0.15) is 0 Å². The van der Waals surface area contributed by atoms with Crippen molar-refractivity contribution < 1.29 is 28.2 Å². The van der Waals surface area contributed by atoms with Crippen LogP contribution in [0.1, 0.15) is 35.5 Å². The zero-order valence-corrected chi connectivity index (χ0v) is 21.2. The highest BCUT2D eigenvalue weighted by Gasteiger charge is 2.63. The zero-order chi connectivity index (χ0) is 26.4. The van der Waals surface area contributed by atoms with E-state index < -0.39 is 35.0 Å². The molecule has 196 valence electrons. The molecule has 1 aromatic carbocycles. The van der Waals surface area contributed by atoms with Crippen LogP contribution in [-0.2, 0) is 14.3 Å². The zero-order valence-electron chi connectivity index (χ0n) is 20.4. The average Bonchev–Trinajstić information content (AvgIpc) is 3.48. The summed E-state index contributed by atoms with van der Waals surface area (Å²) in [5.74, 6) is -1.45. The lowest BCUT2D eigenvalue weighted by Gasteiger charge is -2.43. The van der Waals surface area contributed by atoms with Gasteiger partial charge in [-0.1, -0.05) is 12.1 Å². The van der Waals surface area contributed by atoms with Crippen molar-refractivity contribution in [2.75, 3.05) is 32.8 Å². The minimum atomic E-state index is -2.36. The topological polar surface area (TPSA) is 116 Å². The Labute approximate surface area is 216 Å². The third kappa shape index (κ3) is 4.32. The molecule has 0 saturated carbocycles. The number of aromatic nitrogens is 1. The number of amidine groups is 1. The van der Waals surface area contributed by atoms with Crippen molar-refractivity contribution >= 4 is 29.0 Å². The molecule has 12 heteroatoms. The van der Waals surface area contributed by atoms with Crippen LogP contribution >= 0.6 is 11.3 Å². The summed E-state index contributed by atoms with van der Waals surface area (Å²) in [6.07, 6.45) is 1.43. The maximum absolute atomic E-state index is 15.4. The highest BCUT2D eigenvalue weighted by molar-refractivity contribution is 7.11. The fourth-order valence-electron chi connectivity index (χ4n) is 5.13. The molecular formula is C25H27F2N5O4S. The second-order valence-electron chi connectivity index (χ2n) is 9.39. The minimum absolute atomic E-state index is 0.107. The van der Waals surface area contributed by atoms with E-state index in [0.29, 0.717) is 27.7 Å². The Morgan fingerprint density at radius 1 is 1.41 bits per heavy atom. The third-order valence-corrected chi connectivity index (χ3v) is 7.92. The van der Waals surface area contributed by atoms with Crippen molar-refractivity contribution in [3.05, 3.63) is 63.0 Å². The highest BCUT2D eigenvalue weighted by atomic mass is 32.1. The van der Waals surface area contributed by atoms with Gasteiger partial charge in [-0.15, -0.1) is 11.3 Å². The number of ether oxygens (including phenoxy) is 1. The number of aliphatic imine (C=N–C) groups is 1. The summed E-state index contributed by atoms with van der Waals surface area (Å²) in [5, 5.41) is 19.0. The second-order valence-corrected chi connectivity index (χ2v) is 10.3. The average molecular weight is 532 g/mol.